The number of aryl methyl sites for hydroxylation is 1. The van der Waals surface area contributed by atoms with Crippen LogP contribution in [0.4, 0.5) is 5.95 Å². The molecule has 0 radical (unpaired) electrons. The van der Waals surface area contributed by atoms with E-state index < -0.39 is 0 Å². The molecule has 1 aromatic heterocycles. The van der Waals surface area contributed by atoms with Crippen molar-refractivity contribution < 1.29 is 0 Å². The lowest BCUT2D eigenvalue weighted by molar-refractivity contribution is 0.891. The fourth-order valence-corrected chi connectivity index (χ4v) is 2.16. The molecule has 0 saturated carbocycles. The molecule has 16 heavy (non-hydrogen) atoms. The summed E-state index contributed by atoms with van der Waals surface area (Å²) in [4.78, 5) is 8.87. The van der Waals surface area contributed by atoms with Crippen LogP contribution in [0.2, 0.25) is 0 Å². The van der Waals surface area contributed by atoms with E-state index in [2.05, 4.69) is 36.1 Å². The molecule has 0 spiro atoms. The van der Waals surface area contributed by atoms with Gasteiger partial charge in [-0.3, -0.25) is 0 Å². The smallest absolute Gasteiger partial charge is 0.223 e. The highest BCUT2D eigenvalue weighted by atomic mass is 32.2. The molecule has 0 aromatic carbocycles. The van der Waals surface area contributed by atoms with Crippen molar-refractivity contribution in [3.63, 3.8) is 0 Å². The Morgan fingerprint density at radius 2 is 2.12 bits per heavy atom. The van der Waals surface area contributed by atoms with Gasteiger partial charge < -0.3 is 5.32 Å². The molecule has 4 heteroatoms. The zero-order chi connectivity index (χ0) is 12.0. The predicted molar refractivity (Wildman–Crippen MR) is 71.2 cm³/mol. The minimum absolute atomic E-state index is 0.605. The first-order valence-corrected chi connectivity index (χ1v) is 6.79. The fourth-order valence-electron chi connectivity index (χ4n) is 1.21. The van der Waals surface area contributed by atoms with Crippen LogP contribution >= 0.6 is 11.8 Å². The van der Waals surface area contributed by atoms with E-state index in [0.29, 0.717) is 5.25 Å². The summed E-state index contributed by atoms with van der Waals surface area (Å²) in [6.45, 7) is 9.50. The molecule has 0 aliphatic carbocycles. The topological polar surface area (TPSA) is 37.8 Å². The Morgan fingerprint density at radius 3 is 2.75 bits per heavy atom. The summed E-state index contributed by atoms with van der Waals surface area (Å²) in [7, 11) is 0. The zero-order valence-corrected chi connectivity index (χ0v) is 11.4. The highest BCUT2D eigenvalue weighted by molar-refractivity contribution is 7.99. The second-order valence-corrected chi connectivity index (χ2v) is 5.39. The van der Waals surface area contributed by atoms with Gasteiger partial charge in [-0.25, -0.2) is 9.97 Å². The van der Waals surface area contributed by atoms with Crippen molar-refractivity contribution in [2.45, 2.75) is 50.8 Å². The van der Waals surface area contributed by atoms with Crippen molar-refractivity contribution in [2.75, 3.05) is 11.9 Å². The SMILES string of the molecule is CCCNc1nc(C)cc(SC(C)CC)n1. The van der Waals surface area contributed by atoms with Gasteiger partial charge in [0.2, 0.25) is 5.95 Å². The van der Waals surface area contributed by atoms with Crippen LogP contribution in [0.25, 0.3) is 0 Å². The highest BCUT2D eigenvalue weighted by Crippen LogP contribution is 2.24. The molecule has 0 bridgehead atoms. The molecule has 1 heterocycles. The number of aromatic nitrogens is 2. The molecule has 1 aromatic rings. The molecule has 1 unspecified atom stereocenters. The van der Waals surface area contributed by atoms with Crippen LogP contribution in [-0.4, -0.2) is 21.8 Å². The summed E-state index contributed by atoms with van der Waals surface area (Å²) in [6.07, 6.45) is 2.25. The monoisotopic (exact) mass is 239 g/mol. The third-order valence-electron chi connectivity index (χ3n) is 2.26. The first-order chi connectivity index (χ1) is 7.65. The van der Waals surface area contributed by atoms with E-state index in [4.69, 9.17) is 0 Å². The molecule has 0 saturated heterocycles. The van der Waals surface area contributed by atoms with Crippen LogP contribution in [0.3, 0.4) is 0 Å². The van der Waals surface area contributed by atoms with Gasteiger partial charge in [-0.2, -0.15) is 0 Å². The summed E-state index contributed by atoms with van der Waals surface area (Å²) < 4.78 is 0. The Kier molecular flexibility index (Phi) is 5.60. The Balaban J connectivity index is 2.73. The molecule has 0 fully saturated rings. The van der Waals surface area contributed by atoms with E-state index in [0.717, 1.165) is 36.1 Å². The molecular weight excluding hydrogens is 218 g/mol. The average molecular weight is 239 g/mol. The molecule has 1 rings (SSSR count). The first kappa shape index (κ1) is 13.3. The maximum absolute atomic E-state index is 4.50. The van der Waals surface area contributed by atoms with Crippen LogP contribution in [0, 0.1) is 6.92 Å². The van der Waals surface area contributed by atoms with Crippen molar-refractivity contribution in [3.8, 4) is 0 Å². The van der Waals surface area contributed by atoms with Gasteiger partial charge in [-0.15, -0.1) is 11.8 Å². The summed E-state index contributed by atoms with van der Waals surface area (Å²) in [6, 6.07) is 2.05. The third-order valence-corrected chi connectivity index (χ3v) is 3.45. The Labute approximate surface area is 102 Å². The Morgan fingerprint density at radius 1 is 1.38 bits per heavy atom. The van der Waals surface area contributed by atoms with E-state index in [1.54, 1.807) is 0 Å². The minimum Gasteiger partial charge on any atom is -0.354 e. The van der Waals surface area contributed by atoms with Gasteiger partial charge in [0, 0.05) is 17.5 Å². The third kappa shape index (κ3) is 4.39. The molecule has 90 valence electrons. The lowest BCUT2D eigenvalue weighted by Crippen LogP contribution is -2.06. The number of nitrogens with zero attached hydrogens (tertiary/aromatic N) is 2. The van der Waals surface area contributed by atoms with Gasteiger partial charge in [0.15, 0.2) is 0 Å². The minimum atomic E-state index is 0.605. The van der Waals surface area contributed by atoms with E-state index >= 15 is 0 Å². The number of thioether (sulfide) groups is 1. The number of hydrogen-bond donors (Lipinski definition) is 1. The maximum Gasteiger partial charge on any atom is 0.223 e. The van der Waals surface area contributed by atoms with Crippen molar-refractivity contribution in [2.24, 2.45) is 0 Å². The quantitative estimate of drug-likeness (QED) is 0.609. The Bertz CT molecular complexity index is 328. The van der Waals surface area contributed by atoms with Gasteiger partial charge in [-0.05, 0) is 25.8 Å². The van der Waals surface area contributed by atoms with E-state index in [1.807, 2.05) is 24.8 Å². The average Bonchev–Trinajstić information content (AvgIpc) is 2.25. The van der Waals surface area contributed by atoms with Crippen molar-refractivity contribution >= 4 is 17.7 Å². The van der Waals surface area contributed by atoms with Gasteiger partial charge in [0.1, 0.15) is 5.03 Å². The maximum atomic E-state index is 4.50. The summed E-state index contributed by atoms with van der Waals surface area (Å²) in [5.41, 5.74) is 1.03. The lowest BCUT2D eigenvalue weighted by Gasteiger charge is -2.10. The van der Waals surface area contributed by atoms with Crippen LogP contribution in [0.5, 0.6) is 0 Å². The van der Waals surface area contributed by atoms with Gasteiger partial charge >= 0.3 is 0 Å². The van der Waals surface area contributed by atoms with Crippen LogP contribution in [0.1, 0.15) is 39.3 Å². The van der Waals surface area contributed by atoms with Crippen LogP contribution in [-0.2, 0) is 0 Å². The predicted octanol–water partition coefficient (Wildman–Crippen LogP) is 3.50. The largest absolute Gasteiger partial charge is 0.354 e. The molecule has 0 aliphatic heterocycles. The number of rotatable bonds is 6. The standard InChI is InChI=1S/C12H21N3S/c1-5-7-13-12-14-9(3)8-11(15-12)16-10(4)6-2/h8,10H,5-7H2,1-4H3,(H,13,14,15). The Hall–Kier alpha value is -0.770. The number of anilines is 1. The zero-order valence-electron chi connectivity index (χ0n) is 10.6. The number of nitrogens with one attached hydrogen (secondary N) is 1. The fraction of sp³-hybridized carbons (Fsp3) is 0.667. The van der Waals surface area contributed by atoms with Crippen LogP contribution in [0.15, 0.2) is 11.1 Å². The second-order valence-electron chi connectivity index (χ2n) is 3.93. The van der Waals surface area contributed by atoms with Gasteiger partial charge in [0.05, 0.1) is 0 Å². The molecular formula is C12H21N3S. The first-order valence-electron chi connectivity index (χ1n) is 5.91. The molecule has 3 nitrogen and oxygen atoms in total. The normalized spacial score (nSPS) is 12.5. The van der Waals surface area contributed by atoms with Crippen molar-refractivity contribution in [3.05, 3.63) is 11.8 Å². The van der Waals surface area contributed by atoms with E-state index in [-0.39, 0.29) is 0 Å². The molecule has 1 atom stereocenters. The van der Waals surface area contributed by atoms with E-state index in [9.17, 15) is 0 Å². The van der Waals surface area contributed by atoms with Crippen LogP contribution < -0.4 is 5.32 Å². The summed E-state index contributed by atoms with van der Waals surface area (Å²) in [5, 5.41) is 4.91. The lowest BCUT2D eigenvalue weighted by atomic mass is 10.4. The van der Waals surface area contributed by atoms with Gasteiger partial charge in [-0.1, -0.05) is 20.8 Å². The van der Waals surface area contributed by atoms with Crippen molar-refractivity contribution in [1.82, 2.24) is 9.97 Å². The summed E-state index contributed by atoms with van der Waals surface area (Å²) >= 11 is 1.81. The van der Waals surface area contributed by atoms with Gasteiger partial charge in [0.25, 0.3) is 0 Å². The second kappa shape index (κ2) is 6.74. The molecule has 0 amide bonds. The highest BCUT2D eigenvalue weighted by Gasteiger charge is 2.06. The molecule has 1 N–H and O–H groups in total. The summed E-state index contributed by atoms with van der Waals surface area (Å²) in [5.74, 6) is 0.757. The molecule has 0 aliphatic rings. The number of hydrogen-bond acceptors (Lipinski definition) is 4. The van der Waals surface area contributed by atoms with Crippen molar-refractivity contribution in [1.29, 1.82) is 0 Å². The van der Waals surface area contributed by atoms with E-state index in [1.165, 1.54) is 0 Å².